The quantitative estimate of drug-likeness (QED) is 0.673. The number of nitrogens with zero attached hydrogens (tertiary/aromatic N) is 1. The summed E-state index contributed by atoms with van der Waals surface area (Å²) in [5.41, 5.74) is 2.64. The zero-order chi connectivity index (χ0) is 20.6. The zero-order valence-corrected chi connectivity index (χ0v) is 16.5. The van der Waals surface area contributed by atoms with Crippen LogP contribution in [-0.4, -0.2) is 30.9 Å². The highest BCUT2D eigenvalue weighted by Crippen LogP contribution is 2.22. The molecular weight excluding hydrogens is 368 g/mol. The Labute approximate surface area is 170 Å². The maximum absolute atomic E-state index is 12.6. The van der Waals surface area contributed by atoms with Crippen LogP contribution in [0.5, 0.6) is 0 Å². The number of hydrogen-bond acceptors (Lipinski definition) is 4. The summed E-state index contributed by atoms with van der Waals surface area (Å²) in [6, 6.07) is 15.8. The van der Waals surface area contributed by atoms with Gasteiger partial charge in [-0.2, -0.15) is 0 Å². The first-order chi connectivity index (χ1) is 14.1. The minimum atomic E-state index is -0.668. The number of nitrogens with one attached hydrogen (secondary N) is 3. The van der Waals surface area contributed by atoms with Gasteiger partial charge in [-0.05, 0) is 36.6 Å². The van der Waals surface area contributed by atoms with Crippen molar-refractivity contribution in [2.45, 2.75) is 32.4 Å². The van der Waals surface area contributed by atoms with E-state index < -0.39 is 18.0 Å². The lowest BCUT2D eigenvalue weighted by molar-refractivity contribution is -0.122. The second-order valence-electron chi connectivity index (χ2n) is 6.89. The van der Waals surface area contributed by atoms with Gasteiger partial charge in [0.2, 0.25) is 11.8 Å². The lowest BCUT2D eigenvalue weighted by atomic mass is 10.1. The summed E-state index contributed by atoms with van der Waals surface area (Å²) in [5, 5.41) is 8.16. The van der Waals surface area contributed by atoms with Crippen molar-refractivity contribution in [3.05, 3.63) is 65.7 Å². The van der Waals surface area contributed by atoms with Gasteiger partial charge in [0, 0.05) is 31.7 Å². The Morgan fingerprint density at radius 2 is 1.79 bits per heavy atom. The molecule has 0 radical (unpaired) electrons. The minimum Gasteiger partial charge on any atom is -0.338 e. The van der Waals surface area contributed by atoms with E-state index in [-0.39, 0.29) is 5.91 Å². The van der Waals surface area contributed by atoms with E-state index >= 15 is 0 Å². The van der Waals surface area contributed by atoms with Crippen molar-refractivity contribution in [2.24, 2.45) is 0 Å². The van der Waals surface area contributed by atoms with E-state index in [4.69, 9.17) is 0 Å². The van der Waals surface area contributed by atoms with E-state index in [1.165, 1.54) is 0 Å². The lowest BCUT2D eigenvalue weighted by Gasteiger charge is -2.19. The highest BCUT2D eigenvalue weighted by molar-refractivity contribution is 5.97. The van der Waals surface area contributed by atoms with Crippen molar-refractivity contribution in [2.75, 3.05) is 18.0 Å². The number of rotatable bonds is 7. The lowest BCUT2D eigenvalue weighted by Crippen LogP contribution is -2.44. The molecule has 4 amide bonds. The van der Waals surface area contributed by atoms with Crippen molar-refractivity contribution in [3.63, 3.8) is 0 Å². The van der Waals surface area contributed by atoms with Gasteiger partial charge < -0.3 is 10.2 Å². The van der Waals surface area contributed by atoms with E-state index in [0.29, 0.717) is 19.5 Å². The van der Waals surface area contributed by atoms with Crippen molar-refractivity contribution >= 4 is 23.5 Å². The van der Waals surface area contributed by atoms with Gasteiger partial charge in [-0.15, -0.1) is 0 Å². The number of benzene rings is 2. The third-order valence-electron chi connectivity index (χ3n) is 4.80. The smallest absolute Gasteiger partial charge is 0.321 e. The molecule has 152 valence electrons. The second kappa shape index (κ2) is 9.84. The number of amides is 4. The van der Waals surface area contributed by atoms with Crippen molar-refractivity contribution in [3.8, 4) is 0 Å². The molecule has 0 saturated carbocycles. The van der Waals surface area contributed by atoms with Crippen LogP contribution in [0.2, 0.25) is 0 Å². The number of carbonyl (C=O) groups excluding carboxylic acids is 3. The van der Waals surface area contributed by atoms with Crippen LogP contribution in [0.25, 0.3) is 0 Å². The average molecular weight is 394 g/mol. The molecule has 0 bridgehead atoms. The zero-order valence-electron chi connectivity index (χ0n) is 16.5. The molecule has 1 heterocycles. The first kappa shape index (κ1) is 20.5. The Kier molecular flexibility index (Phi) is 6.97. The summed E-state index contributed by atoms with van der Waals surface area (Å²) in [7, 11) is 0. The second-order valence-corrected chi connectivity index (χ2v) is 6.89. The number of imide groups is 1. The fraction of sp³-hybridized carbons (Fsp3) is 0.318. The van der Waals surface area contributed by atoms with E-state index in [9.17, 15) is 14.4 Å². The van der Waals surface area contributed by atoms with Crippen molar-refractivity contribution in [1.29, 1.82) is 0 Å². The summed E-state index contributed by atoms with van der Waals surface area (Å²) in [5.74, 6) is -0.261. The highest BCUT2D eigenvalue weighted by Gasteiger charge is 2.23. The van der Waals surface area contributed by atoms with Crippen LogP contribution in [0.3, 0.4) is 0 Å². The standard InChI is InChI=1S/C22H26N4O3/c1-2-23-22(29)25-21(28)20(17-7-4-3-5-8-17)24-15-16-10-12-18(13-11-16)26-14-6-9-19(26)27/h3-5,7-8,10-13,20,24H,2,6,9,14-15H2,1H3,(H2,23,25,28,29)/t20-/m0/s1. The SMILES string of the molecule is CCNC(=O)NC(=O)[C@@H](NCc1ccc(N2CCCC2=O)cc1)c1ccccc1. The fourth-order valence-electron chi connectivity index (χ4n) is 3.33. The van der Waals surface area contributed by atoms with Crippen LogP contribution in [0.15, 0.2) is 54.6 Å². The van der Waals surface area contributed by atoms with Crippen LogP contribution in [0.4, 0.5) is 10.5 Å². The first-order valence-corrected chi connectivity index (χ1v) is 9.85. The van der Waals surface area contributed by atoms with E-state index in [1.807, 2.05) is 54.6 Å². The molecule has 0 aliphatic carbocycles. The molecule has 0 unspecified atom stereocenters. The fourth-order valence-corrected chi connectivity index (χ4v) is 3.33. The molecule has 1 saturated heterocycles. The maximum Gasteiger partial charge on any atom is 0.321 e. The van der Waals surface area contributed by atoms with Crippen LogP contribution in [0.1, 0.15) is 36.9 Å². The summed E-state index contributed by atoms with van der Waals surface area (Å²) in [4.78, 5) is 38.1. The van der Waals surface area contributed by atoms with E-state index in [0.717, 1.165) is 29.8 Å². The average Bonchev–Trinajstić information content (AvgIpc) is 3.15. The molecule has 2 aromatic rings. The maximum atomic E-state index is 12.6. The van der Waals surface area contributed by atoms with Crippen LogP contribution in [0, 0.1) is 0 Å². The van der Waals surface area contributed by atoms with Gasteiger partial charge in [0.05, 0.1) is 0 Å². The van der Waals surface area contributed by atoms with Gasteiger partial charge in [-0.25, -0.2) is 4.79 Å². The Hall–Kier alpha value is -3.19. The van der Waals surface area contributed by atoms with Gasteiger partial charge in [0.1, 0.15) is 6.04 Å². The summed E-state index contributed by atoms with van der Waals surface area (Å²) in [6.07, 6.45) is 1.49. The largest absolute Gasteiger partial charge is 0.338 e. The predicted octanol–water partition coefficient (Wildman–Crippen LogP) is 2.49. The molecule has 1 atom stereocenters. The molecule has 7 heteroatoms. The monoisotopic (exact) mass is 394 g/mol. The number of urea groups is 1. The summed E-state index contributed by atoms with van der Waals surface area (Å²) in [6.45, 7) is 3.42. The van der Waals surface area contributed by atoms with Crippen LogP contribution >= 0.6 is 0 Å². The van der Waals surface area contributed by atoms with Gasteiger partial charge in [0.25, 0.3) is 0 Å². The molecule has 1 aliphatic heterocycles. The van der Waals surface area contributed by atoms with E-state index in [2.05, 4.69) is 16.0 Å². The molecule has 0 spiro atoms. The Bertz CT molecular complexity index is 852. The number of anilines is 1. The molecule has 1 aliphatic rings. The van der Waals surface area contributed by atoms with E-state index in [1.54, 1.807) is 11.8 Å². The third-order valence-corrected chi connectivity index (χ3v) is 4.80. The van der Waals surface area contributed by atoms with Gasteiger partial charge in [-0.3, -0.25) is 20.2 Å². The Morgan fingerprint density at radius 1 is 1.07 bits per heavy atom. The molecule has 29 heavy (non-hydrogen) atoms. The van der Waals surface area contributed by atoms with Gasteiger partial charge in [-0.1, -0.05) is 42.5 Å². The summed E-state index contributed by atoms with van der Waals surface area (Å²) < 4.78 is 0. The molecule has 1 fully saturated rings. The van der Waals surface area contributed by atoms with Gasteiger partial charge >= 0.3 is 6.03 Å². The Balaban J connectivity index is 1.67. The van der Waals surface area contributed by atoms with Crippen LogP contribution < -0.4 is 20.9 Å². The molecule has 7 nitrogen and oxygen atoms in total. The highest BCUT2D eigenvalue weighted by atomic mass is 16.2. The topological polar surface area (TPSA) is 90.5 Å². The summed E-state index contributed by atoms with van der Waals surface area (Å²) >= 11 is 0. The van der Waals surface area contributed by atoms with Crippen molar-refractivity contribution in [1.82, 2.24) is 16.0 Å². The normalized spacial score (nSPS) is 14.5. The minimum absolute atomic E-state index is 0.155. The molecule has 3 N–H and O–H groups in total. The molecular formula is C22H26N4O3. The van der Waals surface area contributed by atoms with Gasteiger partial charge in [0.15, 0.2) is 0 Å². The van der Waals surface area contributed by atoms with Crippen LogP contribution in [-0.2, 0) is 16.1 Å². The molecule has 0 aromatic heterocycles. The Morgan fingerprint density at radius 3 is 2.41 bits per heavy atom. The third kappa shape index (κ3) is 5.42. The van der Waals surface area contributed by atoms with Crippen molar-refractivity contribution < 1.29 is 14.4 Å². The number of hydrogen-bond donors (Lipinski definition) is 3. The number of carbonyl (C=O) groups is 3. The molecule has 2 aromatic carbocycles. The first-order valence-electron chi connectivity index (χ1n) is 9.85. The predicted molar refractivity (Wildman–Crippen MR) is 111 cm³/mol. The molecule has 3 rings (SSSR count).